The Bertz CT molecular complexity index is 213. The first kappa shape index (κ1) is 16.9. The van der Waals surface area contributed by atoms with Gasteiger partial charge in [0.25, 0.3) is 0 Å². The van der Waals surface area contributed by atoms with Gasteiger partial charge >= 0.3 is 0 Å². The van der Waals surface area contributed by atoms with Crippen LogP contribution in [0.25, 0.3) is 0 Å². The van der Waals surface area contributed by atoms with Crippen LogP contribution in [0.4, 0.5) is 0 Å². The number of piperazine rings is 1. The van der Waals surface area contributed by atoms with Crippen molar-refractivity contribution in [2.75, 3.05) is 66.5 Å². The van der Waals surface area contributed by atoms with Crippen molar-refractivity contribution < 1.29 is 4.74 Å². The molecule has 0 atom stereocenters. The van der Waals surface area contributed by atoms with Gasteiger partial charge in [-0.3, -0.25) is 4.90 Å². The molecular weight excluding hydrogens is 238 g/mol. The second kappa shape index (κ2) is 9.70. The van der Waals surface area contributed by atoms with E-state index in [4.69, 9.17) is 4.74 Å². The zero-order valence-electron chi connectivity index (χ0n) is 13.4. The van der Waals surface area contributed by atoms with Gasteiger partial charge in [0.05, 0.1) is 12.7 Å². The lowest BCUT2D eigenvalue weighted by molar-refractivity contribution is 0.0348. The van der Waals surface area contributed by atoms with E-state index < -0.39 is 0 Å². The minimum Gasteiger partial charge on any atom is -0.377 e. The first-order valence-electron chi connectivity index (χ1n) is 7.86. The summed E-state index contributed by atoms with van der Waals surface area (Å²) in [5, 5.41) is 0. The van der Waals surface area contributed by atoms with E-state index in [2.05, 4.69) is 42.6 Å². The minimum atomic E-state index is 0.450. The largest absolute Gasteiger partial charge is 0.377 e. The molecule has 0 radical (unpaired) electrons. The van der Waals surface area contributed by atoms with Crippen LogP contribution in [-0.4, -0.2) is 87.3 Å². The van der Waals surface area contributed by atoms with Gasteiger partial charge in [-0.05, 0) is 26.9 Å². The summed E-state index contributed by atoms with van der Waals surface area (Å²) in [6.07, 6.45) is 2.70. The molecule has 1 aliphatic rings. The topological polar surface area (TPSA) is 19.0 Å². The minimum absolute atomic E-state index is 0.450. The SMILES string of the molecule is CCC(CC)OCCN(C)CCN1CCN(C)CC1. The van der Waals surface area contributed by atoms with Gasteiger partial charge in [0.1, 0.15) is 0 Å². The smallest absolute Gasteiger partial charge is 0.0597 e. The Morgan fingerprint density at radius 2 is 1.68 bits per heavy atom. The number of nitrogens with zero attached hydrogens (tertiary/aromatic N) is 3. The van der Waals surface area contributed by atoms with Crippen LogP contribution in [0.3, 0.4) is 0 Å². The zero-order valence-corrected chi connectivity index (χ0v) is 13.4. The highest BCUT2D eigenvalue weighted by Crippen LogP contribution is 2.03. The summed E-state index contributed by atoms with van der Waals surface area (Å²) in [5.41, 5.74) is 0. The third-order valence-corrected chi connectivity index (χ3v) is 4.13. The Balaban J connectivity index is 2.03. The van der Waals surface area contributed by atoms with Crippen molar-refractivity contribution in [3.63, 3.8) is 0 Å². The molecule has 0 amide bonds. The van der Waals surface area contributed by atoms with Gasteiger partial charge < -0.3 is 14.5 Å². The summed E-state index contributed by atoms with van der Waals surface area (Å²) in [5.74, 6) is 0. The molecule has 0 spiro atoms. The van der Waals surface area contributed by atoms with Crippen molar-refractivity contribution in [1.29, 1.82) is 0 Å². The first-order chi connectivity index (χ1) is 9.15. The lowest BCUT2D eigenvalue weighted by Crippen LogP contribution is -2.46. The molecule has 0 aromatic carbocycles. The van der Waals surface area contributed by atoms with Crippen molar-refractivity contribution in [3.05, 3.63) is 0 Å². The van der Waals surface area contributed by atoms with E-state index in [-0.39, 0.29) is 0 Å². The molecule has 1 aliphatic heterocycles. The van der Waals surface area contributed by atoms with E-state index in [1.807, 2.05) is 0 Å². The van der Waals surface area contributed by atoms with Gasteiger partial charge in [-0.1, -0.05) is 13.8 Å². The van der Waals surface area contributed by atoms with Crippen molar-refractivity contribution >= 4 is 0 Å². The quantitative estimate of drug-likeness (QED) is 0.630. The van der Waals surface area contributed by atoms with Gasteiger partial charge in [-0.15, -0.1) is 0 Å². The lowest BCUT2D eigenvalue weighted by Gasteiger charge is -2.33. The molecule has 0 aromatic heterocycles. The molecule has 0 saturated carbocycles. The molecule has 0 aliphatic carbocycles. The molecule has 114 valence electrons. The zero-order chi connectivity index (χ0) is 14.1. The molecule has 4 nitrogen and oxygen atoms in total. The van der Waals surface area contributed by atoms with Gasteiger partial charge in [0.15, 0.2) is 0 Å². The van der Waals surface area contributed by atoms with E-state index in [0.29, 0.717) is 6.10 Å². The first-order valence-corrected chi connectivity index (χ1v) is 7.86. The predicted molar refractivity (Wildman–Crippen MR) is 81.8 cm³/mol. The highest BCUT2D eigenvalue weighted by atomic mass is 16.5. The molecular formula is C15H33N3O. The maximum Gasteiger partial charge on any atom is 0.0597 e. The average Bonchev–Trinajstić information content (AvgIpc) is 2.43. The van der Waals surface area contributed by atoms with Crippen molar-refractivity contribution in [3.8, 4) is 0 Å². The third kappa shape index (κ3) is 7.25. The van der Waals surface area contributed by atoms with Gasteiger partial charge in [0.2, 0.25) is 0 Å². The Morgan fingerprint density at radius 1 is 1.05 bits per heavy atom. The van der Waals surface area contributed by atoms with E-state index in [1.54, 1.807) is 0 Å². The molecule has 19 heavy (non-hydrogen) atoms. The fourth-order valence-electron chi connectivity index (χ4n) is 2.39. The molecule has 0 bridgehead atoms. The van der Waals surface area contributed by atoms with E-state index >= 15 is 0 Å². The van der Waals surface area contributed by atoms with Crippen molar-refractivity contribution in [2.45, 2.75) is 32.8 Å². The van der Waals surface area contributed by atoms with Crippen LogP contribution in [-0.2, 0) is 4.74 Å². The third-order valence-electron chi connectivity index (χ3n) is 4.13. The van der Waals surface area contributed by atoms with Crippen LogP contribution in [0, 0.1) is 0 Å². The van der Waals surface area contributed by atoms with Crippen LogP contribution in [0.1, 0.15) is 26.7 Å². The second-order valence-electron chi connectivity index (χ2n) is 5.76. The summed E-state index contributed by atoms with van der Waals surface area (Å²) in [7, 11) is 4.41. The summed E-state index contributed by atoms with van der Waals surface area (Å²) in [6, 6.07) is 0. The van der Waals surface area contributed by atoms with Crippen LogP contribution >= 0.6 is 0 Å². The standard InChI is InChI=1S/C15H33N3O/c1-5-15(6-2)19-14-13-17(4)9-12-18-10-7-16(3)8-11-18/h15H,5-14H2,1-4H3. The normalized spacial score (nSPS) is 18.6. The fraction of sp³-hybridized carbons (Fsp3) is 1.00. The second-order valence-corrected chi connectivity index (χ2v) is 5.76. The van der Waals surface area contributed by atoms with Crippen LogP contribution in [0.15, 0.2) is 0 Å². The maximum absolute atomic E-state index is 5.86. The Labute approximate surface area is 119 Å². The number of rotatable bonds is 9. The molecule has 4 heteroatoms. The Hall–Kier alpha value is -0.160. The highest BCUT2D eigenvalue weighted by Gasteiger charge is 2.13. The summed E-state index contributed by atoms with van der Waals surface area (Å²) >= 11 is 0. The Morgan fingerprint density at radius 3 is 2.26 bits per heavy atom. The fourth-order valence-corrected chi connectivity index (χ4v) is 2.39. The maximum atomic E-state index is 5.86. The molecule has 0 aromatic rings. The predicted octanol–water partition coefficient (Wildman–Crippen LogP) is 1.37. The number of hydrogen-bond acceptors (Lipinski definition) is 4. The van der Waals surface area contributed by atoms with Crippen LogP contribution in [0.5, 0.6) is 0 Å². The monoisotopic (exact) mass is 271 g/mol. The molecule has 1 fully saturated rings. The molecule has 1 saturated heterocycles. The van der Waals surface area contributed by atoms with E-state index in [9.17, 15) is 0 Å². The molecule has 1 heterocycles. The van der Waals surface area contributed by atoms with Crippen LogP contribution < -0.4 is 0 Å². The molecule has 0 unspecified atom stereocenters. The number of likely N-dealkylation sites (N-methyl/N-ethyl adjacent to an activating group) is 2. The van der Waals surface area contributed by atoms with Gasteiger partial charge in [-0.2, -0.15) is 0 Å². The van der Waals surface area contributed by atoms with E-state index in [0.717, 1.165) is 32.5 Å². The Kier molecular flexibility index (Phi) is 8.62. The molecule has 1 rings (SSSR count). The average molecular weight is 271 g/mol. The molecule has 0 N–H and O–H groups in total. The van der Waals surface area contributed by atoms with Gasteiger partial charge in [0, 0.05) is 45.8 Å². The number of hydrogen-bond donors (Lipinski definition) is 0. The highest BCUT2D eigenvalue weighted by molar-refractivity contribution is 4.70. The van der Waals surface area contributed by atoms with Crippen molar-refractivity contribution in [2.24, 2.45) is 0 Å². The van der Waals surface area contributed by atoms with Gasteiger partial charge in [-0.25, -0.2) is 0 Å². The summed E-state index contributed by atoms with van der Waals surface area (Å²) in [4.78, 5) is 7.36. The number of ether oxygens (including phenoxy) is 1. The summed E-state index contributed by atoms with van der Waals surface area (Å²) in [6.45, 7) is 13.5. The summed E-state index contributed by atoms with van der Waals surface area (Å²) < 4.78 is 5.86. The lowest BCUT2D eigenvalue weighted by atomic mass is 10.2. The van der Waals surface area contributed by atoms with Crippen LogP contribution in [0.2, 0.25) is 0 Å². The van der Waals surface area contributed by atoms with Crippen molar-refractivity contribution in [1.82, 2.24) is 14.7 Å². The van der Waals surface area contributed by atoms with E-state index in [1.165, 1.54) is 32.7 Å².